The SMILES string of the molecule is N=C(NO)NN=Cc1ccc(OCc2ccccc2)c(OCc2ccccc2)c1OCc1ccccc1. The van der Waals surface area contributed by atoms with Gasteiger partial charge in [-0.25, -0.2) is 10.9 Å². The first-order valence-corrected chi connectivity index (χ1v) is 11.7. The first-order valence-electron chi connectivity index (χ1n) is 11.7. The zero-order valence-corrected chi connectivity index (χ0v) is 20.1. The van der Waals surface area contributed by atoms with Gasteiger partial charge >= 0.3 is 0 Å². The molecular formula is C29H28N4O4. The molecule has 4 N–H and O–H groups in total. The molecule has 4 aromatic carbocycles. The Morgan fingerprint density at radius 2 is 1.16 bits per heavy atom. The summed E-state index contributed by atoms with van der Waals surface area (Å²) in [6.07, 6.45) is 1.49. The average molecular weight is 497 g/mol. The Labute approximate surface area is 215 Å². The molecule has 8 nitrogen and oxygen atoms in total. The van der Waals surface area contributed by atoms with E-state index in [1.54, 1.807) is 17.6 Å². The lowest BCUT2D eigenvalue weighted by Gasteiger charge is -2.19. The summed E-state index contributed by atoms with van der Waals surface area (Å²) in [4.78, 5) is 0. The minimum atomic E-state index is -0.369. The molecule has 188 valence electrons. The van der Waals surface area contributed by atoms with Crippen molar-refractivity contribution in [3.8, 4) is 17.2 Å². The van der Waals surface area contributed by atoms with Crippen molar-refractivity contribution in [1.82, 2.24) is 10.9 Å². The van der Waals surface area contributed by atoms with Crippen LogP contribution in [0.3, 0.4) is 0 Å². The van der Waals surface area contributed by atoms with Crippen LogP contribution < -0.4 is 25.1 Å². The summed E-state index contributed by atoms with van der Waals surface area (Å²) < 4.78 is 18.7. The topological polar surface area (TPSA) is 108 Å². The molecular weight excluding hydrogens is 468 g/mol. The van der Waals surface area contributed by atoms with E-state index in [-0.39, 0.29) is 5.96 Å². The van der Waals surface area contributed by atoms with E-state index in [2.05, 4.69) is 10.5 Å². The van der Waals surface area contributed by atoms with Crippen LogP contribution in [0.2, 0.25) is 0 Å². The third-order valence-corrected chi connectivity index (χ3v) is 5.29. The van der Waals surface area contributed by atoms with Crippen molar-refractivity contribution in [2.45, 2.75) is 19.8 Å². The molecule has 0 fully saturated rings. The minimum Gasteiger partial charge on any atom is -0.485 e. The second-order valence-corrected chi connectivity index (χ2v) is 7.99. The van der Waals surface area contributed by atoms with Crippen LogP contribution in [0.4, 0.5) is 0 Å². The number of guanidine groups is 1. The molecule has 0 saturated heterocycles. The highest BCUT2D eigenvalue weighted by atomic mass is 16.5. The molecule has 0 saturated carbocycles. The van der Waals surface area contributed by atoms with Crippen LogP contribution >= 0.6 is 0 Å². The van der Waals surface area contributed by atoms with E-state index in [1.807, 2.05) is 91.0 Å². The van der Waals surface area contributed by atoms with Gasteiger partial charge in [0.2, 0.25) is 11.7 Å². The summed E-state index contributed by atoms with van der Waals surface area (Å²) >= 11 is 0. The molecule has 0 amide bonds. The standard InChI is InChI=1S/C29H28N4O4/c30-29(33-34)32-31-18-25-16-17-26(35-19-22-10-4-1-5-11-22)28(37-21-24-14-8-3-9-15-24)27(25)36-20-23-12-6-2-7-13-23/h1-18,34H,19-21H2,(H3,30,32,33). The zero-order chi connectivity index (χ0) is 25.7. The number of benzene rings is 4. The summed E-state index contributed by atoms with van der Waals surface area (Å²) in [5.74, 6) is 1.04. The van der Waals surface area contributed by atoms with E-state index < -0.39 is 0 Å². The Hall–Kier alpha value is -4.82. The predicted molar refractivity (Wildman–Crippen MR) is 142 cm³/mol. The highest BCUT2D eigenvalue weighted by Gasteiger charge is 2.18. The van der Waals surface area contributed by atoms with E-state index in [4.69, 9.17) is 24.8 Å². The van der Waals surface area contributed by atoms with Gasteiger partial charge in [0.25, 0.3) is 0 Å². The molecule has 8 heteroatoms. The van der Waals surface area contributed by atoms with Crippen LogP contribution in [0.1, 0.15) is 22.3 Å². The van der Waals surface area contributed by atoms with Gasteiger partial charge in [0.1, 0.15) is 19.8 Å². The highest BCUT2D eigenvalue weighted by Crippen LogP contribution is 2.41. The lowest BCUT2D eigenvalue weighted by molar-refractivity contribution is 0.228. The molecule has 0 aliphatic carbocycles. The lowest BCUT2D eigenvalue weighted by atomic mass is 10.1. The molecule has 0 heterocycles. The van der Waals surface area contributed by atoms with Crippen LogP contribution in [0.15, 0.2) is 108 Å². The maximum atomic E-state index is 8.84. The van der Waals surface area contributed by atoms with Crippen LogP contribution in [0, 0.1) is 5.41 Å². The third kappa shape index (κ3) is 7.58. The van der Waals surface area contributed by atoms with E-state index in [0.717, 1.165) is 16.7 Å². The Kier molecular flexibility index (Phi) is 9.10. The number of rotatable bonds is 11. The summed E-state index contributed by atoms with van der Waals surface area (Å²) in [7, 11) is 0. The Morgan fingerprint density at radius 3 is 1.68 bits per heavy atom. The van der Waals surface area contributed by atoms with Gasteiger partial charge in [-0.1, -0.05) is 91.0 Å². The van der Waals surface area contributed by atoms with Crippen LogP contribution in [0.25, 0.3) is 0 Å². The quantitative estimate of drug-likeness (QED) is 0.128. The van der Waals surface area contributed by atoms with Gasteiger partial charge in [0.05, 0.1) is 6.21 Å². The number of hydrazone groups is 1. The van der Waals surface area contributed by atoms with Crippen molar-refractivity contribution in [1.29, 1.82) is 5.41 Å². The molecule has 0 aromatic heterocycles. The lowest BCUT2D eigenvalue weighted by Crippen LogP contribution is -2.30. The van der Waals surface area contributed by atoms with Crippen molar-refractivity contribution in [2.24, 2.45) is 5.10 Å². The van der Waals surface area contributed by atoms with Crippen LogP contribution in [-0.2, 0) is 19.8 Å². The third-order valence-electron chi connectivity index (χ3n) is 5.29. The normalized spacial score (nSPS) is 10.6. The molecule has 0 spiro atoms. The number of ether oxygens (including phenoxy) is 3. The van der Waals surface area contributed by atoms with Crippen molar-refractivity contribution < 1.29 is 19.4 Å². The predicted octanol–water partition coefficient (Wildman–Crippen LogP) is 5.26. The molecule has 4 aromatic rings. The molecule has 0 bridgehead atoms. The summed E-state index contributed by atoms with van der Waals surface area (Å²) in [5, 5.41) is 20.3. The fourth-order valence-corrected chi connectivity index (χ4v) is 3.45. The first kappa shape index (κ1) is 25.3. The maximum absolute atomic E-state index is 8.84. The summed E-state index contributed by atoms with van der Waals surface area (Å²) in [6, 6.07) is 33.1. The van der Waals surface area contributed by atoms with Crippen LogP contribution in [-0.4, -0.2) is 17.4 Å². The van der Waals surface area contributed by atoms with E-state index >= 15 is 0 Å². The number of nitrogens with one attached hydrogen (secondary N) is 3. The van der Waals surface area contributed by atoms with Crippen molar-refractivity contribution in [3.63, 3.8) is 0 Å². The van der Waals surface area contributed by atoms with Crippen molar-refractivity contribution in [3.05, 3.63) is 125 Å². The number of hydrogen-bond acceptors (Lipinski definition) is 6. The van der Waals surface area contributed by atoms with Gasteiger partial charge in [-0.3, -0.25) is 10.6 Å². The molecule has 0 unspecified atom stereocenters. The Morgan fingerprint density at radius 1 is 0.676 bits per heavy atom. The van der Waals surface area contributed by atoms with Crippen molar-refractivity contribution in [2.75, 3.05) is 0 Å². The van der Waals surface area contributed by atoms with Crippen molar-refractivity contribution >= 4 is 12.2 Å². The fourth-order valence-electron chi connectivity index (χ4n) is 3.45. The van der Waals surface area contributed by atoms with Gasteiger partial charge < -0.3 is 14.2 Å². The molecule has 4 rings (SSSR count). The second-order valence-electron chi connectivity index (χ2n) is 7.99. The fraction of sp³-hybridized carbons (Fsp3) is 0.103. The molecule has 0 radical (unpaired) electrons. The molecule has 37 heavy (non-hydrogen) atoms. The first-order chi connectivity index (χ1) is 18.2. The number of nitrogens with zero attached hydrogens (tertiary/aromatic N) is 1. The monoisotopic (exact) mass is 496 g/mol. The summed E-state index contributed by atoms with van der Waals surface area (Å²) in [5.41, 5.74) is 7.67. The molecule has 0 aliphatic rings. The summed E-state index contributed by atoms with van der Waals surface area (Å²) in [6.45, 7) is 0.962. The molecule has 0 atom stereocenters. The van der Waals surface area contributed by atoms with Crippen LogP contribution in [0.5, 0.6) is 17.2 Å². The highest BCUT2D eigenvalue weighted by molar-refractivity contribution is 5.87. The second kappa shape index (κ2) is 13.3. The number of hydrogen-bond donors (Lipinski definition) is 4. The van der Waals surface area contributed by atoms with E-state index in [9.17, 15) is 0 Å². The van der Waals surface area contributed by atoms with Gasteiger partial charge in [0.15, 0.2) is 11.5 Å². The Bertz CT molecular complexity index is 1300. The van der Waals surface area contributed by atoms with E-state index in [0.29, 0.717) is 42.6 Å². The smallest absolute Gasteiger partial charge is 0.233 e. The minimum absolute atomic E-state index is 0.299. The molecule has 0 aliphatic heterocycles. The van der Waals surface area contributed by atoms with E-state index in [1.165, 1.54) is 6.21 Å². The Balaban J connectivity index is 1.68. The largest absolute Gasteiger partial charge is 0.485 e. The van der Waals surface area contributed by atoms with Gasteiger partial charge in [-0.05, 0) is 28.8 Å². The van der Waals surface area contributed by atoms with Gasteiger partial charge in [-0.15, -0.1) is 0 Å². The average Bonchev–Trinajstić information content (AvgIpc) is 2.96. The van der Waals surface area contributed by atoms with Gasteiger partial charge in [0, 0.05) is 5.56 Å². The zero-order valence-electron chi connectivity index (χ0n) is 20.1. The maximum Gasteiger partial charge on any atom is 0.233 e. The van der Waals surface area contributed by atoms with Gasteiger partial charge in [-0.2, -0.15) is 5.10 Å². The number of hydroxylamine groups is 1.